The summed E-state index contributed by atoms with van der Waals surface area (Å²) in [5, 5.41) is 11.9. The van der Waals surface area contributed by atoms with Crippen molar-refractivity contribution in [1.29, 1.82) is 0 Å². The van der Waals surface area contributed by atoms with Gasteiger partial charge in [0.25, 0.3) is 0 Å². The number of methoxy groups -OCH3 is 1. The molecule has 2 aromatic carbocycles. The molecule has 2 heterocycles. The lowest BCUT2D eigenvalue weighted by Gasteiger charge is -2.29. The predicted molar refractivity (Wildman–Crippen MR) is 167 cm³/mol. The first-order valence-electron chi connectivity index (χ1n) is 14.8. The fraction of sp³-hybridized carbons (Fsp3) is 0.438. The van der Waals surface area contributed by atoms with Crippen LogP contribution in [-0.4, -0.2) is 103 Å². The van der Waals surface area contributed by atoms with E-state index in [-0.39, 0.29) is 18.5 Å². The quantitative estimate of drug-likeness (QED) is 0.364. The van der Waals surface area contributed by atoms with Crippen molar-refractivity contribution in [2.75, 3.05) is 76.2 Å². The number of nitrogens with zero attached hydrogens (tertiary/aromatic N) is 6. The number of aromatic nitrogens is 2. The Kier molecular flexibility index (Phi) is 11.1. The average molecular weight is 574 g/mol. The van der Waals surface area contributed by atoms with E-state index in [4.69, 9.17) is 4.74 Å². The van der Waals surface area contributed by atoms with Gasteiger partial charge in [-0.2, -0.15) is 0 Å². The largest absolute Gasteiger partial charge is 0.497 e. The van der Waals surface area contributed by atoms with Crippen LogP contribution in [-0.2, 0) is 4.79 Å². The van der Waals surface area contributed by atoms with Crippen LogP contribution in [0.15, 0.2) is 60.7 Å². The number of anilines is 2. The van der Waals surface area contributed by atoms with Crippen LogP contribution < -0.4 is 15.0 Å². The Labute approximate surface area is 249 Å². The highest BCUT2D eigenvalue weighted by Crippen LogP contribution is 2.22. The van der Waals surface area contributed by atoms with Crippen molar-refractivity contribution in [2.24, 2.45) is 0 Å². The highest BCUT2D eigenvalue weighted by Gasteiger charge is 2.24. The van der Waals surface area contributed by atoms with E-state index >= 15 is 0 Å². The third kappa shape index (κ3) is 8.42. The van der Waals surface area contributed by atoms with Crippen LogP contribution in [0.1, 0.15) is 25.8 Å². The van der Waals surface area contributed by atoms with Gasteiger partial charge in [0.15, 0.2) is 5.82 Å². The van der Waals surface area contributed by atoms with Crippen molar-refractivity contribution >= 4 is 23.4 Å². The van der Waals surface area contributed by atoms with Gasteiger partial charge in [-0.15, -0.1) is 10.2 Å². The van der Waals surface area contributed by atoms with Crippen molar-refractivity contribution in [2.45, 2.75) is 27.2 Å². The topological polar surface area (TPSA) is 94.1 Å². The molecule has 1 N–H and O–H groups in total. The molecule has 0 bridgehead atoms. The predicted octanol–water partition coefficient (Wildman–Crippen LogP) is 4.38. The standard InChI is InChI=1S/C32H43N7O3/c1-5-36(6-2)20-21-39(32(41)33-27-12-8-25(3)9-13-27)24-31(40)38-19-7-18-37(22-23-38)30-17-16-29(34-35-30)26-10-14-28(42-4)15-11-26/h8-17H,5-7,18-24H2,1-4H3,(H,33,41). The van der Waals surface area contributed by atoms with Gasteiger partial charge in [-0.05, 0) is 75.0 Å². The molecule has 0 atom stereocenters. The van der Waals surface area contributed by atoms with Crippen LogP contribution in [0.5, 0.6) is 5.75 Å². The van der Waals surface area contributed by atoms with E-state index in [1.807, 2.05) is 72.5 Å². The van der Waals surface area contributed by atoms with Crippen LogP contribution in [0, 0.1) is 6.92 Å². The molecule has 42 heavy (non-hydrogen) atoms. The zero-order valence-corrected chi connectivity index (χ0v) is 25.3. The Morgan fingerprint density at radius 1 is 0.881 bits per heavy atom. The smallest absolute Gasteiger partial charge is 0.322 e. The average Bonchev–Trinajstić information content (AvgIpc) is 3.29. The maximum Gasteiger partial charge on any atom is 0.322 e. The van der Waals surface area contributed by atoms with Gasteiger partial charge in [0.2, 0.25) is 5.91 Å². The van der Waals surface area contributed by atoms with Crippen LogP contribution in [0.3, 0.4) is 0 Å². The summed E-state index contributed by atoms with van der Waals surface area (Å²) < 4.78 is 5.24. The maximum atomic E-state index is 13.5. The molecule has 10 nitrogen and oxygen atoms in total. The number of amides is 3. The monoisotopic (exact) mass is 573 g/mol. The van der Waals surface area contributed by atoms with Gasteiger partial charge in [0.05, 0.1) is 12.8 Å². The van der Waals surface area contributed by atoms with Gasteiger partial charge >= 0.3 is 6.03 Å². The first kappa shape index (κ1) is 30.8. The van der Waals surface area contributed by atoms with Gasteiger partial charge in [-0.25, -0.2) is 4.79 Å². The molecule has 0 radical (unpaired) electrons. The summed E-state index contributed by atoms with van der Waals surface area (Å²) in [5.74, 6) is 1.54. The normalized spacial score (nSPS) is 13.5. The lowest BCUT2D eigenvalue weighted by atomic mass is 10.1. The second-order valence-corrected chi connectivity index (χ2v) is 10.5. The number of nitrogens with one attached hydrogen (secondary N) is 1. The maximum absolute atomic E-state index is 13.5. The Bertz CT molecular complexity index is 1280. The molecule has 1 fully saturated rings. The fourth-order valence-corrected chi connectivity index (χ4v) is 4.96. The first-order chi connectivity index (χ1) is 20.4. The van der Waals surface area contributed by atoms with Crippen molar-refractivity contribution in [3.05, 3.63) is 66.2 Å². The van der Waals surface area contributed by atoms with Crippen LogP contribution >= 0.6 is 0 Å². The third-order valence-corrected chi connectivity index (χ3v) is 7.71. The fourth-order valence-electron chi connectivity index (χ4n) is 4.96. The summed E-state index contributed by atoms with van der Waals surface area (Å²) in [6.45, 7) is 11.8. The molecule has 1 aromatic heterocycles. The number of carbonyl (C=O) groups excluding carboxylic acids is 2. The minimum Gasteiger partial charge on any atom is -0.497 e. The number of hydrogen-bond acceptors (Lipinski definition) is 7. The van der Waals surface area contributed by atoms with E-state index in [0.29, 0.717) is 32.7 Å². The molecule has 224 valence electrons. The van der Waals surface area contributed by atoms with Gasteiger partial charge < -0.3 is 29.7 Å². The van der Waals surface area contributed by atoms with Gasteiger partial charge in [-0.1, -0.05) is 31.5 Å². The van der Waals surface area contributed by atoms with Gasteiger partial charge in [0, 0.05) is 50.5 Å². The number of aryl methyl sites for hydroxylation is 1. The number of rotatable bonds is 11. The Balaban J connectivity index is 1.36. The summed E-state index contributed by atoms with van der Waals surface area (Å²) in [7, 11) is 1.65. The lowest BCUT2D eigenvalue weighted by Crippen LogP contribution is -2.47. The highest BCUT2D eigenvalue weighted by molar-refractivity contribution is 5.92. The molecule has 0 spiro atoms. The minimum absolute atomic E-state index is 0.0370. The molecule has 1 aliphatic rings. The molecule has 0 saturated carbocycles. The van der Waals surface area contributed by atoms with Crippen LogP contribution in [0.4, 0.5) is 16.3 Å². The molecule has 3 amide bonds. The summed E-state index contributed by atoms with van der Waals surface area (Å²) >= 11 is 0. The number of carbonyl (C=O) groups is 2. The molecule has 10 heteroatoms. The molecular weight excluding hydrogens is 530 g/mol. The lowest BCUT2D eigenvalue weighted by molar-refractivity contribution is -0.131. The van der Waals surface area contributed by atoms with E-state index in [1.54, 1.807) is 12.0 Å². The van der Waals surface area contributed by atoms with Crippen molar-refractivity contribution in [1.82, 2.24) is 24.9 Å². The van der Waals surface area contributed by atoms with Crippen molar-refractivity contribution in [3.63, 3.8) is 0 Å². The zero-order valence-electron chi connectivity index (χ0n) is 25.3. The van der Waals surface area contributed by atoms with Crippen LogP contribution in [0.25, 0.3) is 11.3 Å². The second kappa shape index (κ2) is 15.2. The van der Waals surface area contributed by atoms with E-state index in [0.717, 1.165) is 60.1 Å². The van der Waals surface area contributed by atoms with Crippen molar-refractivity contribution < 1.29 is 14.3 Å². The summed E-state index contributed by atoms with van der Waals surface area (Å²) in [4.78, 5) is 34.7. The number of benzene rings is 2. The third-order valence-electron chi connectivity index (χ3n) is 7.71. The van der Waals surface area contributed by atoms with E-state index in [1.165, 1.54) is 0 Å². The second-order valence-electron chi connectivity index (χ2n) is 10.5. The number of hydrogen-bond donors (Lipinski definition) is 1. The zero-order chi connectivity index (χ0) is 29.9. The van der Waals surface area contributed by atoms with E-state index < -0.39 is 0 Å². The number of urea groups is 1. The van der Waals surface area contributed by atoms with Crippen molar-refractivity contribution in [3.8, 4) is 17.0 Å². The molecular formula is C32H43N7O3. The van der Waals surface area contributed by atoms with Crippen LogP contribution in [0.2, 0.25) is 0 Å². The van der Waals surface area contributed by atoms with Gasteiger partial charge in [0.1, 0.15) is 12.3 Å². The summed E-state index contributed by atoms with van der Waals surface area (Å²) in [6, 6.07) is 19.1. The first-order valence-corrected chi connectivity index (χ1v) is 14.8. The molecule has 0 unspecified atom stereocenters. The van der Waals surface area contributed by atoms with Gasteiger partial charge in [-0.3, -0.25) is 4.79 Å². The van der Waals surface area contributed by atoms with E-state index in [2.05, 4.69) is 39.2 Å². The molecule has 0 aliphatic carbocycles. The Morgan fingerprint density at radius 3 is 2.26 bits per heavy atom. The Hall–Kier alpha value is -4.18. The highest BCUT2D eigenvalue weighted by atomic mass is 16.5. The number of likely N-dealkylation sites (N-methyl/N-ethyl adjacent to an activating group) is 1. The van der Waals surface area contributed by atoms with E-state index in [9.17, 15) is 9.59 Å². The molecule has 4 rings (SSSR count). The molecule has 3 aromatic rings. The number of ether oxygens (including phenoxy) is 1. The SMILES string of the molecule is CCN(CC)CCN(CC(=O)N1CCCN(c2ccc(-c3ccc(OC)cc3)nn2)CC1)C(=O)Nc1ccc(C)cc1. The minimum atomic E-state index is -0.261. The summed E-state index contributed by atoms with van der Waals surface area (Å²) in [6.07, 6.45) is 0.808. The summed E-state index contributed by atoms with van der Waals surface area (Å²) in [5.41, 5.74) is 3.60. The molecule has 1 saturated heterocycles. The molecule has 1 aliphatic heterocycles. The Morgan fingerprint density at radius 2 is 1.62 bits per heavy atom.